The van der Waals surface area contributed by atoms with E-state index in [9.17, 15) is 4.79 Å². The molecule has 1 amide bonds. The predicted molar refractivity (Wildman–Crippen MR) is 97.0 cm³/mol. The summed E-state index contributed by atoms with van der Waals surface area (Å²) in [5.74, 6) is 1.48. The first-order valence-electron chi connectivity index (χ1n) is 8.94. The molecule has 9 nitrogen and oxygen atoms in total. The molecular formula is C18H21N7O2. The van der Waals surface area contributed by atoms with Crippen LogP contribution in [-0.2, 0) is 11.3 Å². The number of aromatic nitrogens is 5. The Morgan fingerprint density at radius 1 is 1.41 bits per heavy atom. The number of nitrogens with one attached hydrogen (secondary N) is 2. The van der Waals surface area contributed by atoms with Gasteiger partial charge in [0.1, 0.15) is 0 Å². The second-order valence-electron chi connectivity index (χ2n) is 6.62. The second kappa shape index (κ2) is 7.28. The first-order chi connectivity index (χ1) is 13.1. The van der Waals surface area contributed by atoms with Crippen LogP contribution < -0.4 is 10.6 Å². The summed E-state index contributed by atoms with van der Waals surface area (Å²) in [7, 11) is 0. The molecule has 3 aromatic heterocycles. The van der Waals surface area contributed by atoms with Gasteiger partial charge in [0, 0.05) is 17.5 Å². The summed E-state index contributed by atoms with van der Waals surface area (Å²) in [4.78, 5) is 20.8. The predicted octanol–water partition coefficient (Wildman–Crippen LogP) is 1.30. The van der Waals surface area contributed by atoms with E-state index >= 15 is 0 Å². The van der Waals surface area contributed by atoms with Gasteiger partial charge in [-0.3, -0.25) is 4.79 Å². The van der Waals surface area contributed by atoms with Crippen LogP contribution in [0.25, 0.3) is 17.2 Å². The maximum atomic E-state index is 12.0. The monoisotopic (exact) mass is 367 g/mol. The van der Waals surface area contributed by atoms with Crippen molar-refractivity contribution < 1.29 is 9.32 Å². The Hall–Kier alpha value is -3.07. The molecule has 140 valence electrons. The van der Waals surface area contributed by atoms with Crippen LogP contribution in [0.3, 0.4) is 0 Å². The van der Waals surface area contributed by atoms with Crippen molar-refractivity contribution in [2.24, 2.45) is 0 Å². The Morgan fingerprint density at radius 3 is 2.96 bits per heavy atom. The van der Waals surface area contributed by atoms with E-state index in [-0.39, 0.29) is 18.5 Å². The molecule has 1 aliphatic rings. The highest BCUT2D eigenvalue weighted by molar-refractivity contribution is 5.81. The van der Waals surface area contributed by atoms with Crippen LogP contribution in [0, 0.1) is 13.8 Å². The van der Waals surface area contributed by atoms with Crippen molar-refractivity contribution in [2.75, 3.05) is 6.54 Å². The molecule has 9 heteroatoms. The van der Waals surface area contributed by atoms with E-state index in [1.54, 1.807) is 10.9 Å². The molecule has 0 saturated carbocycles. The molecule has 1 aliphatic heterocycles. The lowest BCUT2D eigenvalue weighted by atomic mass is 10.2. The average Bonchev–Trinajstić information content (AvgIpc) is 3.41. The zero-order valence-electron chi connectivity index (χ0n) is 15.3. The van der Waals surface area contributed by atoms with Crippen LogP contribution in [0.2, 0.25) is 0 Å². The zero-order chi connectivity index (χ0) is 18.8. The number of carbonyl (C=O) groups excluding carboxylic acids is 1. The molecule has 0 radical (unpaired) electrons. The fourth-order valence-corrected chi connectivity index (χ4v) is 3.14. The number of rotatable bonds is 5. The zero-order valence-corrected chi connectivity index (χ0v) is 15.3. The maximum Gasteiger partial charge on any atom is 0.246 e. The third-order valence-electron chi connectivity index (χ3n) is 4.49. The Kier molecular flexibility index (Phi) is 4.68. The topological polar surface area (TPSA) is 111 Å². The van der Waals surface area contributed by atoms with Crippen LogP contribution in [0.4, 0.5) is 0 Å². The minimum atomic E-state index is -0.126. The lowest BCUT2D eigenvalue weighted by Gasteiger charge is -2.08. The molecule has 27 heavy (non-hydrogen) atoms. The second-order valence-corrected chi connectivity index (χ2v) is 6.62. The van der Waals surface area contributed by atoms with E-state index in [1.165, 1.54) is 0 Å². The van der Waals surface area contributed by atoms with Crippen molar-refractivity contribution in [2.45, 2.75) is 39.3 Å². The molecule has 1 saturated heterocycles. The minimum absolute atomic E-state index is 0.0387. The quantitative estimate of drug-likeness (QED) is 0.699. The summed E-state index contributed by atoms with van der Waals surface area (Å²) in [5.41, 5.74) is 2.69. The molecule has 3 aromatic rings. The van der Waals surface area contributed by atoms with Crippen molar-refractivity contribution in [3.63, 3.8) is 0 Å². The molecule has 0 aromatic carbocycles. The van der Waals surface area contributed by atoms with Crippen molar-refractivity contribution >= 4 is 5.91 Å². The number of amides is 1. The lowest BCUT2D eigenvalue weighted by Crippen LogP contribution is -2.40. The third-order valence-corrected chi connectivity index (χ3v) is 4.49. The number of hydrogen-bond donors (Lipinski definition) is 2. The standard InChI is InChI=1S/C18H21N7O2/c1-11-8-12(2)25(23-11)15-6-5-13(9-20-15)17-22-16(27-24-17)10-21-18(26)14-4-3-7-19-14/h5-6,8-9,14,19H,3-4,7,10H2,1-2H3,(H,21,26). The van der Waals surface area contributed by atoms with Gasteiger partial charge >= 0.3 is 0 Å². The Labute approximate surface area is 156 Å². The first-order valence-corrected chi connectivity index (χ1v) is 8.94. The van der Waals surface area contributed by atoms with Crippen LogP contribution in [0.15, 0.2) is 28.9 Å². The number of nitrogens with zero attached hydrogens (tertiary/aromatic N) is 5. The normalized spacial score (nSPS) is 16.6. The van der Waals surface area contributed by atoms with E-state index in [2.05, 4.69) is 30.9 Å². The van der Waals surface area contributed by atoms with E-state index in [0.717, 1.165) is 42.2 Å². The number of hydrogen-bond acceptors (Lipinski definition) is 7. The molecule has 2 N–H and O–H groups in total. The van der Waals surface area contributed by atoms with Crippen molar-refractivity contribution in [3.05, 3.63) is 41.7 Å². The van der Waals surface area contributed by atoms with Crippen LogP contribution in [-0.4, -0.2) is 43.4 Å². The minimum Gasteiger partial charge on any atom is -0.346 e. The van der Waals surface area contributed by atoms with Crippen molar-refractivity contribution in [1.29, 1.82) is 0 Å². The Morgan fingerprint density at radius 2 is 2.30 bits per heavy atom. The number of aryl methyl sites for hydroxylation is 2. The summed E-state index contributed by atoms with van der Waals surface area (Å²) < 4.78 is 7.01. The summed E-state index contributed by atoms with van der Waals surface area (Å²) in [6, 6.07) is 5.60. The number of pyridine rings is 1. The van der Waals surface area contributed by atoms with Gasteiger partial charge in [0.25, 0.3) is 0 Å². The SMILES string of the molecule is Cc1cc(C)n(-c2ccc(-c3noc(CNC(=O)C4CCCN4)n3)cn2)n1. The first kappa shape index (κ1) is 17.3. The van der Waals surface area contributed by atoms with E-state index in [0.29, 0.717) is 11.7 Å². The van der Waals surface area contributed by atoms with Crippen molar-refractivity contribution in [3.8, 4) is 17.2 Å². The molecular weight excluding hydrogens is 346 g/mol. The summed E-state index contributed by atoms with van der Waals surface area (Å²) in [6.07, 6.45) is 3.55. The van der Waals surface area contributed by atoms with Crippen LogP contribution in [0.5, 0.6) is 0 Å². The molecule has 4 rings (SSSR count). The van der Waals surface area contributed by atoms with Gasteiger partial charge < -0.3 is 15.2 Å². The Balaban J connectivity index is 1.42. The average molecular weight is 367 g/mol. The van der Waals surface area contributed by atoms with Gasteiger partial charge in [-0.1, -0.05) is 5.16 Å². The van der Waals surface area contributed by atoms with E-state index in [4.69, 9.17) is 4.52 Å². The van der Waals surface area contributed by atoms with Gasteiger partial charge in [-0.15, -0.1) is 0 Å². The molecule has 0 aliphatic carbocycles. The van der Waals surface area contributed by atoms with Gasteiger partial charge in [0.05, 0.1) is 18.3 Å². The van der Waals surface area contributed by atoms with E-state index < -0.39 is 0 Å². The fraction of sp³-hybridized carbons (Fsp3) is 0.389. The molecule has 4 heterocycles. The third kappa shape index (κ3) is 3.72. The smallest absolute Gasteiger partial charge is 0.246 e. The maximum absolute atomic E-state index is 12.0. The van der Waals surface area contributed by atoms with Crippen LogP contribution in [0.1, 0.15) is 30.1 Å². The highest BCUT2D eigenvalue weighted by Gasteiger charge is 2.22. The van der Waals surface area contributed by atoms with Gasteiger partial charge in [-0.2, -0.15) is 10.1 Å². The highest BCUT2D eigenvalue weighted by Crippen LogP contribution is 2.17. The largest absolute Gasteiger partial charge is 0.346 e. The molecule has 1 fully saturated rings. The molecule has 0 spiro atoms. The Bertz CT molecular complexity index is 939. The summed E-state index contributed by atoms with van der Waals surface area (Å²) >= 11 is 0. The van der Waals surface area contributed by atoms with Crippen molar-refractivity contribution in [1.82, 2.24) is 35.5 Å². The van der Waals surface area contributed by atoms with Gasteiger partial charge in [-0.05, 0) is 51.4 Å². The number of carbonyl (C=O) groups is 1. The van der Waals surface area contributed by atoms with Gasteiger partial charge in [-0.25, -0.2) is 9.67 Å². The van der Waals surface area contributed by atoms with Gasteiger partial charge in [0.2, 0.25) is 17.6 Å². The molecule has 1 unspecified atom stereocenters. The lowest BCUT2D eigenvalue weighted by molar-refractivity contribution is -0.123. The fourth-order valence-electron chi connectivity index (χ4n) is 3.14. The summed E-state index contributed by atoms with van der Waals surface area (Å²) in [5, 5.41) is 14.4. The van der Waals surface area contributed by atoms with E-state index in [1.807, 2.05) is 32.0 Å². The van der Waals surface area contributed by atoms with Crippen LogP contribution >= 0.6 is 0 Å². The highest BCUT2D eigenvalue weighted by atomic mass is 16.5. The summed E-state index contributed by atoms with van der Waals surface area (Å²) in [6.45, 7) is 5.02. The molecule has 0 bridgehead atoms. The van der Waals surface area contributed by atoms with Gasteiger partial charge in [0.15, 0.2) is 5.82 Å². The molecule has 1 atom stereocenters.